The molecule has 3 amide bonds. The Balaban J connectivity index is 1.77. The van der Waals surface area contributed by atoms with Crippen LogP contribution in [-0.4, -0.2) is 40.5 Å². The maximum Gasteiger partial charge on any atom is 0.319 e. The van der Waals surface area contributed by atoms with E-state index in [0.29, 0.717) is 31.2 Å². The first-order valence-corrected chi connectivity index (χ1v) is 8.08. The van der Waals surface area contributed by atoms with Crippen molar-refractivity contribution < 1.29 is 19.5 Å². The molecule has 1 aromatic carbocycles. The molecule has 1 fully saturated rings. The van der Waals surface area contributed by atoms with E-state index in [0.717, 1.165) is 18.4 Å². The molecule has 7 heteroatoms. The summed E-state index contributed by atoms with van der Waals surface area (Å²) in [5, 5.41) is 13.8. The third kappa shape index (κ3) is 5.91. The molecule has 3 N–H and O–H groups in total. The molecule has 1 aromatic rings. The molecule has 0 heterocycles. The number of urea groups is 1. The van der Waals surface area contributed by atoms with Crippen molar-refractivity contribution in [1.82, 2.24) is 10.2 Å². The summed E-state index contributed by atoms with van der Waals surface area (Å²) in [4.78, 5) is 35.6. The zero-order chi connectivity index (χ0) is 17.5. The molecule has 130 valence electrons. The molecule has 1 aliphatic rings. The SMILES string of the molecule is CC(=O)N(Cc1ccc(NC(=O)NCCCC(=O)O)cc1)C1CC1. The molecule has 0 radical (unpaired) electrons. The molecule has 2 rings (SSSR count). The van der Waals surface area contributed by atoms with Crippen LogP contribution in [-0.2, 0) is 16.1 Å². The van der Waals surface area contributed by atoms with Crippen LogP contribution in [0, 0.1) is 0 Å². The van der Waals surface area contributed by atoms with E-state index >= 15 is 0 Å². The minimum absolute atomic E-state index is 0.0304. The van der Waals surface area contributed by atoms with Gasteiger partial charge in [0.2, 0.25) is 5.91 Å². The van der Waals surface area contributed by atoms with Gasteiger partial charge in [-0.1, -0.05) is 12.1 Å². The average Bonchev–Trinajstić information content (AvgIpc) is 3.35. The van der Waals surface area contributed by atoms with Crippen LogP contribution in [0.3, 0.4) is 0 Å². The Hall–Kier alpha value is -2.57. The predicted molar refractivity (Wildman–Crippen MR) is 89.6 cm³/mol. The highest BCUT2D eigenvalue weighted by Crippen LogP contribution is 2.28. The number of hydrogen-bond donors (Lipinski definition) is 3. The van der Waals surface area contributed by atoms with Gasteiger partial charge in [0.1, 0.15) is 0 Å². The summed E-state index contributed by atoms with van der Waals surface area (Å²) in [5.74, 6) is -0.793. The Bertz CT molecular complexity index is 596. The van der Waals surface area contributed by atoms with Gasteiger partial charge in [-0.15, -0.1) is 0 Å². The van der Waals surface area contributed by atoms with Crippen molar-refractivity contribution >= 4 is 23.6 Å². The number of carbonyl (C=O) groups is 3. The summed E-state index contributed by atoms with van der Waals surface area (Å²) in [6.07, 6.45) is 2.56. The number of rotatable bonds is 8. The highest BCUT2D eigenvalue weighted by molar-refractivity contribution is 5.89. The number of carboxylic acid groups (broad SMARTS) is 1. The fourth-order valence-corrected chi connectivity index (χ4v) is 2.39. The summed E-state index contributed by atoms with van der Waals surface area (Å²) >= 11 is 0. The van der Waals surface area contributed by atoms with Crippen molar-refractivity contribution in [2.24, 2.45) is 0 Å². The second kappa shape index (κ2) is 8.33. The summed E-state index contributed by atoms with van der Waals surface area (Å²) < 4.78 is 0. The molecule has 0 unspecified atom stereocenters. The normalized spacial score (nSPS) is 13.2. The monoisotopic (exact) mass is 333 g/mol. The maximum atomic E-state index is 11.7. The summed E-state index contributed by atoms with van der Waals surface area (Å²) in [7, 11) is 0. The number of nitrogens with one attached hydrogen (secondary N) is 2. The Morgan fingerprint density at radius 1 is 1.21 bits per heavy atom. The number of carbonyl (C=O) groups excluding carboxylic acids is 2. The van der Waals surface area contributed by atoms with Gasteiger partial charge in [0.05, 0.1) is 0 Å². The van der Waals surface area contributed by atoms with Gasteiger partial charge in [-0.3, -0.25) is 9.59 Å². The zero-order valence-corrected chi connectivity index (χ0v) is 13.7. The molecule has 1 saturated carbocycles. The van der Waals surface area contributed by atoms with Crippen LogP contribution in [0.1, 0.15) is 38.2 Å². The van der Waals surface area contributed by atoms with E-state index in [2.05, 4.69) is 10.6 Å². The van der Waals surface area contributed by atoms with Crippen LogP contribution < -0.4 is 10.6 Å². The van der Waals surface area contributed by atoms with Gasteiger partial charge in [-0.25, -0.2) is 4.79 Å². The van der Waals surface area contributed by atoms with Crippen molar-refractivity contribution in [2.45, 2.75) is 45.2 Å². The number of aliphatic carboxylic acids is 1. The quantitative estimate of drug-likeness (QED) is 0.635. The van der Waals surface area contributed by atoms with Gasteiger partial charge in [0.15, 0.2) is 0 Å². The van der Waals surface area contributed by atoms with E-state index in [1.807, 2.05) is 17.0 Å². The van der Waals surface area contributed by atoms with Gasteiger partial charge < -0.3 is 20.6 Å². The number of nitrogens with zero attached hydrogens (tertiary/aromatic N) is 1. The summed E-state index contributed by atoms with van der Waals surface area (Å²) in [6.45, 7) is 2.48. The van der Waals surface area contributed by atoms with E-state index in [1.54, 1.807) is 19.1 Å². The first-order chi connectivity index (χ1) is 11.5. The standard InChI is InChI=1S/C17H23N3O4/c1-12(21)20(15-8-9-15)11-13-4-6-14(7-5-13)19-17(24)18-10-2-3-16(22)23/h4-7,15H,2-3,8-11H2,1H3,(H,22,23)(H2,18,19,24). The van der Waals surface area contributed by atoms with E-state index < -0.39 is 5.97 Å². The van der Waals surface area contributed by atoms with Gasteiger partial charge in [0.25, 0.3) is 0 Å². The van der Waals surface area contributed by atoms with Crippen LogP contribution >= 0.6 is 0 Å². The van der Waals surface area contributed by atoms with E-state index in [1.165, 1.54) is 0 Å². The molecule has 7 nitrogen and oxygen atoms in total. The largest absolute Gasteiger partial charge is 0.481 e. The Labute approximate surface area is 141 Å². The molecule has 0 aliphatic heterocycles. The van der Waals surface area contributed by atoms with Crippen LogP contribution in [0.5, 0.6) is 0 Å². The highest BCUT2D eigenvalue weighted by atomic mass is 16.4. The van der Waals surface area contributed by atoms with Crippen molar-refractivity contribution in [1.29, 1.82) is 0 Å². The molecule has 0 atom stereocenters. The van der Waals surface area contributed by atoms with Crippen LogP contribution in [0.15, 0.2) is 24.3 Å². The van der Waals surface area contributed by atoms with Gasteiger partial charge in [-0.05, 0) is 37.0 Å². The van der Waals surface area contributed by atoms with Crippen molar-refractivity contribution in [3.8, 4) is 0 Å². The molecule has 1 aliphatic carbocycles. The van der Waals surface area contributed by atoms with Crippen LogP contribution in [0.25, 0.3) is 0 Å². The van der Waals surface area contributed by atoms with Crippen LogP contribution in [0.4, 0.5) is 10.5 Å². The lowest BCUT2D eigenvalue weighted by atomic mass is 10.2. The molecular weight excluding hydrogens is 310 g/mol. The molecule has 24 heavy (non-hydrogen) atoms. The molecule has 0 aromatic heterocycles. The zero-order valence-electron chi connectivity index (χ0n) is 13.7. The average molecular weight is 333 g/mol. The summed E-state index contributed by atoms with van der Waals surface area (Å²) in [6, 6.07) is 7.36. The highest BCUT2D eigenvalue weighted by Gasteiger charge is 2.30. The Morgan fingerprint density at radius 3 is 2.42 bits per heavy atom. The lowest BCUT2D eigenvalue weighted by Crippen LogP contribution is -2.30. The second-order valence-electron chi connectivity index (χ2n) is 5.95. The van der Waals surface area contributed by atoms with Crippen molar-refractivity contribution in [3.05, 3.63) is 29.8 Å². The Kier molecular flexibility index (Phi) is 6.17. The number of amides is 3. The van der Waals surface area contributed by atoms with Crippen molar-refractivity contribution in [2.75, 3.05) is 11.9 Å². The Morgan fingerprint density at radius 2 is 1.88 bits per heavy atom. The minimum Gasteiger partial charge on any atom is -0.481 e. The number of benzene rings is 1. The second-order valence-corrected chi connectivity index (χ2v) is 5.95. The topological polar surface area (TPSA) is 98.7 Å². The number of hydrogen-bond acceptors (Lipinski definition) is 3. The molecular formula is C17H23N3O4. The third-order valence-corrected chi connectivity index (χ3v) is 3.81. The van der Waals surface area contributed by atoms with E-state index in [4.69, 9.17) is 5.11 Å². The molecule has 0 saturated heterocycles. The number of anilines is 1. The molecule has 0 spiro atoms. The van der Waals surface area contributed by atoms with Gasteiger partial charge in [0, 0.05) is 38.2 Å². The first kappa shape index (κ1) is 17.8. The van der Waals surface area contributed by atoms with E-state index in [-0.39, 0.29) is 18.4 Å². The van der Waals surface area contributed by atoms with Gasteiger partial charge >= 0.3 is 12.0 Å². The minimum atomic E-state index is -0.876. The van der Waals surface area contributed by atoms with E-state index in [9.17, 15) is 14.4 Å². The number of carboxylic acids is 1. The predicted octanol–water partition coefficient (Wildman–Crippen LogP) is 2.18. The lowest BCUT2D eigenvalue weighted by Gasteiger charge is -2.20. The third-order valence-electron chi connectivity index (χ3n) is 3.81. The summed E-state index contributed by atoms with van der Waals surface area (Å²) in [5.41, 5.74) is 1.67. The van der Waals surface area contributed by atoms with Gasteiger partial charge in [-0.2, -0.15) is 0 Å². The van der Waals surface area contributed by atoms with Crippen molar-refractivity contribution in [3.63, 3.8) is 0 Å². The first-order valence-electron chi connectivity index (χ1n) is 8.08. The lowest BCUT2D eigenvalue weighted by molar-refractivity contribution is -0.137. The van der Waals surface area contributed by atoms with Crippen LogP contribution in [0.2, 0.25) is 0 Å². The molecule has 0 bridgehead atoms. The fraction of sp³-hybridized carbons (Fsp3) is 0.471. The fourth-order valence-electron chi connectivity index (χ4n) is 2.39. The maximum absolute atomic E-state index is 11.7. The smallest absolute Gasteiger partial charge is 0.319 e.